The molecule has 6 heteroatoms. The molecule has 32 heavy (non-hydrogen) atoms. The second-order valence-corrected chi connectivity index (χ2v) is 8.73. The van der Waals surface area contributed by atoms with Crippen LogP contribution in [0.1, 0.15) is 20.7 Å². The van der Waals surface area contributed by atoms with Gasteiger partial charge in [0.2, 0.25) is 0 Å². The Bertz CT molecular complexity index is 1170. The summed E-state index contributed by atoms with van der Waals surface area (Å²) >= 11 is 6.80. The lowest BCUT2D eigenvalue weighted by Gasteiger charge is -2.09. The molecule has 158 valence electrons. The van der Waals surface area contributed by atoms with E-state index in [-0.39, 0.29) is 11.8 Å². The number of rotatable bonds is 5. The Morgan fingerprint density at radius 3 is 1.19 bits per heavy atom. The lowest BCUT2D eigenvalue weighted by Crippen LogP contribution is -2.12. The fourth-order valence-corrected chi connectivity index (χ4v) is 4.11. The van der Waals surface area contributed by atoms with E-state index in [0.29, 0.717) is 22.5 Å². The maximum Gasteiger partial charge on any atom is 0.256 e. The van der Waals surface area contributed by atoms with E-state index in [2.05, 4.69) is 42.5 Å². The smallest absolute Gasteiger partial charge is 0.256 e. The van der Waals surface area contributed by atoms with Gasteiger partial charge in [-0.15, -0.1) is 0 Å². The van der Waals surface area contributed by atoms with Crippen LogP contribution in [0.15, 0.2) is 106 Å². The highest BCUT2D eigenvalue weighted by atomic mass is 79.9. The summed E-state index contributed by atoms with van der Waals surface area (Å²) in [6.45, 7) is 0. The van der Waals surface area contributed by atoms with Crippen LogP contribution in [0, 0.1) is 0 Å². The second kappa shape index (κ2) is 9.94. The van der Waals surface area contributed by atoms with Gasteiger partial charge in [0.25, 0.3) is 11.8 Å². The van der Waals surface area contributed by atoms with Crippen LogP contribution < -0.4 is 10.6 Å². The molecule has 4 aromatic carbocycles. The van der Waals surface area contributed by atoms with Gasteiger partial charge in [-0.3, -0.25) is 9.59 Å². The molecule has 0 radical (unpaired) electrons. The van der Waals surface area contributed by atoms with Gasteiger partial charge in [0.1, 0.15) is 0 Å². The Morgan fingerprint density at radius 2 is 0.844 bits per heavy atom. The number of amides is 2. The number of hydrogen-bond acceptors (Lipinski definition) is 2. The first-order valence-electron chi connectivity index (χ1n) is 9.83. The molecule has 0 bridgehead atoms. The van der Waals surface area contributed by atoms with Gasteiger partial charge in [0.15, 0.2) is 0 Å². The van der Waals surface area contributed by atoms with E-state index >= 15 is 0 Å². The molecule has 0 spiro atoms. The Hall–Kier alpha value is -3.22. The molecule has 0 saturated carbocycles. The average molecular weight is 550 g/mol. The average Bonchev–Trinajstić information content (AvgIpc) is 2.80. The van der Waals surface area contributed by atoms with Crippen LogP contribution in [0.3, 0.4) is 0 Å². The topological polar surface area (TPSA) is 58.2 Å². The summed E-state index contributed by atoms with van der Waals surface area (Å²) in [6.07, 6.45) is 0. The maximum atomic E-state index is 12.5. The zero-order valence-electron chi connectivity index (χ0n) is 16.8. The van der Waals surface area contributed by atoms with Crippen molar-refractivity contribution in [2.45, 2.75) is 0 Å². The highest BCUT2D eigenvalue weighted by Crippen LogP contribution is 2.25. The summed E-state index contributed by atoms with van der Waals surface area (Å²) < 4.78 is 1.50. The van der Waals surface area contributed by atoms with Gasteiger partial charge in [0, 0.05) is 20.3 Å². The van der Waals surface area contributed by atoms with Gasteiger partial charge in [-0.05, 0) is 91.5 Å². The van der Waals surface area contributed by atoms with E-state index < -0.39 is 0 Å². The van der Waals surface area contributed by atoms with Gasteiger partial charge >= 0.3 is 0 Å². The largest absolute Gasteiger partial charge is 0.322 e. The molecule has 0 unspecified atom stereocenters. The standard InChI is InChI=1S/C26H18Br2N2O2/c27-23-7-3-1-5-21(23)25(31)29-19-13-9-17(10-14-19)18-11-15-20(16-12-18)30-26(32)22-6-2-4-8-24(22)28/h1-16H,(H,29,31)(H,30,32). The van der Waals surface area contributed by atoms with E-state index in [1.807, 2.05) is 84.9 Å². The third kappa shape index (κ3) is 5.15. The summed E-state index contributed by atoms with van der Waals surface area (Å²) in [5.41, 5.74) is 4.60. The third-order valence-electron chi connectivity index (χ3n) is 4.86. The van der Waals surface area contributed by atoms with Gasteiger partial charge < -0.3 is 10.6 Å². The molecule has 0 aliphatic rings. The van der Waals surface area contributed by atoms with Crippen molar-refractivity contribution in [2.24, 2.45) is 0 Å². The van der Waals surface area contributed by atoms with E-state index in [4.69, 9.17) is 0 Å². The van der Waals surface area contributed by atoms with Crippen molar-refractivity contribution in [3.05, 3.63) is 117 Å². The normalized spacial score (nSPS) is 10.4. The fourth-order valence-electron chi connectivity index (χ4n) is 3.18. The summed E-state index contributed by atoms with van der Waals surface area (Å²) in [6, 6.07) is 29.9. The Kier molecular flexibility index (Phi) is 6.83. The molecule has 2 N–H and O–H groups in total. The fraction of sp³-hybridized carbons (Fsp3) is 0. The van der Waals surface area contributed by atoms with Crippen LogP contribution >= 0.6 is 31.9 Å². The summed E-state index contributed by atoms with van der Waals surface area (Å²) in [4.78, 5) is 24.9. The monoisotopic (exact) mass is 548 g/mol. The Labute approximate surface area is 202 Å². The van der Waals surface area contributed by atoms with Gasteiger partial charge in [0.05, 0.1) is 11.1 Å². The predicted octanol–water partition coefficient (Wildman–Crippen LogP) is 7.38. The number of benzene rings is 4. The van der Waals surface area contributed by atoms with Crippen molar-refractivity contribution in [3.8, 4) is 11.1 Å². The van der Waals surface area contributed by atoms with Crippen molar-refractivity contribution in [3.63, 3.8) is 0 Å². The second-order valence-electron chi connectivity index (χ2n) is 7.02. The van der Waals surface area contributed by atoms with Crippen LogP contribution in [0.2, 0.25) is 0 Å². The minimum atomic E-state index is -0.171. The van der Waals surface area contributed by atoms with Gasteiger partial charge in [-0.25, -0.2) is 0 Å². The number of hydrogen-bond donors (Lipinski definition) is 2. The minimum absolute atomic E-state index is 0.171. The number of carbonyl (C=O) groups excluding carboxylic acids is 2. The van der Waals surface area contributed by atoms with E-state index in [9.17, 15) is 9.59 Å². The van der Waals surface area contributed by atoms with Crippen molar-refractivity contribution < 1.29 is 9.59 Å². The molecular formula is C26H18Br2N2O2. The molecule has 0 aliphatic heterocycles. The molecule has 0 aromatic heterocycles. The maximum absolute atomic E-state index is 12.5. The molecule has 0 aliphatic carbocycles. The predicted molar refractivity (Wildman–Crippen MR) is 136 cm³/mol. The van der Waals surface area contributed by atoms with Crippen LogP contribution in [0.25, 0.3) is 11.1 Å². The molecular weight excluding hydrogens is 532 g/mol. The number of nitrogens with one attached hydrogen (secondary N) is 2. The first-order valence-corrected chi connectivity index (χ1v) is 11.4. The minimum Gasteiger partial charge on any atom is -0.322 e. The zero-order chi connectivity index (χ0) is 22.5. The van der Waals surface area contributed by atoms with E-state index in [1.165, 1.54) is 0 Å². The first-order chi connectivity index (χ1) is 15.5. The summed E-state index contributed by atoms with van der Waals surface area (Å²) in [5.74, 6) is -0.342. The van der Waals surface area contributed by atoms with E-state index in [1.54, 1.807) is 12.1 Å². The molecule has 0 fully saturated rings. The van der Waals surface area contributed by atoms with Crippen LogP contribution in [-0.4, -0.2) is 11.8 Å². The molecule has 4 rings (SSSR count). The third-order valence-corrected chi connectivity index (χ3v) is 6.24. The highest BCUT2D eigenvalue weighted by molar-refractivity contribution is 9.10. The molecule has 0 saturated heterocycles. The van der Waals surface area contributed by atoms with Crippen LogP contribution in [-0.2, 0) is 0 Å². The summed E-state index contributed by atoms with van der Waals surface area (Å²) in [5, 5.41) is 5.82. The first kappa shape index (κ1) is 22.0. The van der Waals surface area contributed by atoms with Crippen molar-refractivity contribution in [2.75, 3.05) is 10.6 Å². The van der Waals surface area contributed by atoms with Crippen molar-refractivity contribution in [1.29, 1.82) is 0 Å². The van der Waals surface area contributed by atoms with Crippen LogP contribution in [0.4, 0.5) is 11.4 Å². The number of carbonyl (C=O) groups is 2. The number of halogens is 2. The van der Waals surface area contributed by atoms with Crippen LogP contribution in [0.5, 0.6) is 0 Å². The molecule has 4 nitrogen and oxygen atoms in total. The lowest BCUT2D eigenvalue weighted by molar-refractivity contribution is 0.101. The molecule has 2 amide bonds. The number of anilines is 2. The van der Waals surface area contributed by atoms with Crippen molar-refractivity contribution >= 4 is 55.0 Å². The van der Waals surface area contributed by atoms with Crippen molar-refractivity contribution in [1.82, 2.24) is 0 Å². The lowest BCUT2D eigenvalue weighted by atomic mass is 10.0. The Morgan fingerprint density at radius 1 is 0.500 bits per heavy atom. The molecule has 0 heterocycles. The zero-order valence-corrected chi connectivity index (χ0v) is 20.0. The summed E-state index contributed by atoms with van der Waals surface area (Å²) in [7, 11) is 0. The SMILES string of the molecule is O=C(Nc1ccc(-c2ccc(NC(=O)c3ccccc3Br)cc2)cc1)c1ccccc1Br. The molecule has 4 aromatic rings. The van der Waals surface area contributed by atoms with Gasteiger partial charge in [-0.1, -0.05) is 48.5 Å². The molecule has 0 atom stereocenters. The van der Waals surface area contributed by atoms with E-state index in [0.717, 1.165) is 20.1 Å². The Balaban J connectivity index is 1.42. The quantitative estimate of drug-likeness (QED) is 0.273. The van der Waals surface area contributed by atoms with Gasteiger partial charge in [-0.2, -0.15) is 0 Å². The highest BCUT2D eigenvalue weighted by Gasteiger charge is 2.11.